The molecule has 2 unspecified atom stereocenters. The molecule has 1 aliphatic carbocycles. The van der Waals surface area contributed by atoms with Crippen LogP contribution in [0.2, 0.25) is 0 Å². The van der Waals surface area contributed by atoms with Crippen LogP contribution in [0.3, 0.4) is 0 Å². The van der Waals surface area contributed by atoms with Crippen molar-refractivity contribution in [2.75, 3.05) is 6.54 Å². The van der Waals surface area contributed by atoms with E-state index in [1.807, 2.05) is 6.92 Å². The number of nitrogens with one attached hydrogen (secondary N) is 1. The van der Waals surface area contributed by atoms with Crippen LogP contribution in [0.25, 0.3) is 0 Å². The molecule has 1 aliphatic rings. The van der Waals surface area contributed by atoms with Crippen LogP contribution in [0.15, 0.2) is 27.6 Å². The number of hydrogen-bond acceptors (Lipinski definition) is 3. The molecule has 118 valence electrons. The zero-order valence-corrected chi connectivity index (χ0v) is 14.2. The monoisotopic (exact) mass is 379 g/mol. The van der Waals surface area contributed by atoms with Crippen molar-refractivity contribution in [1.82, 2.24) is 4.72 Å². The first kappa shape index (κ1) is 16.9. The highest BCUT2D eigenvalue weighted by molar-refractivity contribution is 9.10. The second-order valence-corrected chi connectivity index (χ2v) is 8.48. The maximum absolute atomic E-state index is 13.8. The summed E-state index contributed by atoms with van der Waals surface area (Å²) in [7, 11) is -3.97. The van der Waals surface area contributed by atoms with Gasteiger partial charge in [0.2, 0.25) is 10.0 Å². The number of hydrogen-bond donors (Lipinski definition) is 2. The summed E-state index contributed by atoms with van der Waals surface area (Å²) < 4.78 is 40.9. The van der Waals surface area contributed by atoms with Gasteiger partial charge in [-0.15, -0.1) is 0 Å². The van der Waals surface area contributed by atoms with Crippen molar-refractivity contribution >= 4 is 26.0 Å². The number of aliphatic hydroxyl groups is 1. The first-order chi connectivity index (χ1) is 9.72. The van der Waals surface area contributed by atoms with E-state index in [1.54, 1.807) is 0 Å². The van der Waals surface area contributed by atoms with Crippen LogP contribution < -0.4 is 4.72 Å². The van der Waals surface area contributed by atoms with Gasteiger partial charge >= 0.3 is 0 Å². The van der Waals surface area contributed by atoms with Gasteiger partial charge in [0.05, 0.1) is 5.60 Å². The lowest BCUT2D eigenvalue weighted by Crippen LogP contribution is -2.45. The largest absolute Gasteiger partial charge is 0.389 e. The van der Waals surface area contributed by atoms with Gasteiger partial charge in [0.15, 0.2) is 0 Å². The van der Waals surface area contributed by atoms with Crippen molar-refractivity contribution in [3.63, 3.8) is 0 Å². The Kier molecular flexibility index (Phi) is 5.07. The van der Waals surface area contributed by atoms with Crippen molar-refractivity contribution in [3.8, 4) is 0 Å². The molecule has 0 saturated heterocycles. The summed E-state index contributed by atoms with van der Waals surface area (Å²) >= 11 is 3.08. The molecular formula is C14H19BrFNO3S. The fraction of sp³-hybridized carbons (Fsp3) is 0.571. The molecular weight excluding hydrogens is 361 g/mol. The predicted octanol–water partition coefficient (Wildman–Crippen LogP) is 2.81. The molecule has 1 aromatic rings. The van der Waals surface area contributed by atoms with Gasteiger partial charge in [-0.1, -0.05) is 35.7 Å². The molecule has 0 bridgehead atoms. The highest BCUT2D eigenvalue weighted by Gasteiger charge is 2.34. The van der Waals surface area contributed by atoms with Crippen molar-refractivity contribution in [1.29, 1.82) is 0 Å². The van der Waals surface area contributed by atoms with Crippen LogP contribution in [0.4, 0.5) is 4.39 Å². The maximum atomic E-state index is 13.8. The van der Waals surface area contributed by atoms with E-state index in [0.29, 0.717) is 23.2 Å². The lowest BCUT2D eigenvalue weighted by atomic mass is 9.79. The van der Waals surface area contributed by atoms with E-state index in [2.05, 4.69) is 20.7 Å². The maximum Gasteiger partial charge on any atom is 0.243 e. The Balaban J connectivity index is 2.11. The third kappa shape index (κ3) is 4.25. The molecule has 7 heteroatoms. The third-order valence-electron chi connectivity index (χ3n) is 3.84. The van der Waals surface area contributed by atoms with E-state index >= 15 is 0 Å². The van der Waals surface area contributed by atoms with Gasteiger partial charge in [-0.05, 0) is 37.0 Å². The van der Waals surface area contributed by atoms with Crippen LogP contribution >= 0.6 is 15.9 Å². The number of sulfonamides is 1. The van der Waals surface area contributed by atoms with Gasteiger partial charge in [0.25, 0.3) is 0 Å². The minimum absolute atomic E-state index is 0.0881. The molecule has 1 fully saturated rings. The Morgan fingerprint density at radius 2 is 2.24 bits per heavy atom. The molecule has 2 N–H and O–H groups in total. The molecule has 0 heterocycles. The fourth-order valence-corrected chi connectivity index (χ4v) is 4.30. The second kappa shape index (κ2) is 6.32. The number of rotatable bonds is 4. The quantitative estimate of drug-likeness (QED) is 0.844. The van der Waals surface area contributed by atoms with Crippen molar-refractivity contribution in [2.45, 2.75) is 43.1 Å². The van der Waals surface area contributed by atoms with Crippen LogP contribution in [0.1, 0.15) is 32.6 Å². The SMILES string of the molecule is CC1CCCC(O)(CNS(=O)(=O)c2ccc(Br)cc2F)C1. The summed E-state index contributed by atoms with van der Waals surface area (Å²) in [6, 6.07) is 3.77. The highest BCUT2D eigenvalue weighted by atomic mass is 79.9. The Hall–Kier alpha value is -0.500. The third-order valence-corrected chi connectivity index (χ3v) is 5.77. The lowest BCUT2D eigenvalue weighted by Gasteiger charge is -2.35. The topological polar surface area (TPSA) is 66.4 Å². The molecule has 1 saturated carbocycles. The minimum atomic E-state index is -3.97. The summed E-state index contributed by atoms with van der Waals surface area (Å²) in [6.07, 6.45) is 3.02. The Bertz CT molecular complexity index is 623. The Morgan fingerprint density at radius 1 is 1.52 bits per heavy atom. The second-order valence-electron chi connectivity index (χ2n) is 5.83. The first-order valence-electron chi connectivity index (χ1n) is 6.89. The molecule has 2 atom stereocenters. The van der Waals surface area contributed by atoms with Gasteiger partial charge in [-0.25, -0.2) is 17.5 Å². The van der Waals surface area contributed by atoms with Gasteiger partial charge in [0.1, 0.15) is 10.7 Å². The average molecular weight is 380 g/mol. The number of benzene rings is 1. The number of halogens is 2. The molecule has 0 radical (unpaired) electrons. The average Bonchev–Trinajstić information content (AvgIpc) is 2.36. The summed E-state index contributed by atoms with van der Waals surface area (Å²) in [6.45, 7) is 1.95. The minimum Gasteiger partial charge on any atom is -0.389 e. The first-order valence-corrected chi connectivity index (χ1v) is 9.17. The molecule has 0 aromatic heterocycles. The summed E-state index contributed by atoms with van der Waals surface area (Å²) in [5, 5.41) is 10.4. The van der Waals surface area contributed by atoms with Crippen molar-refractivity contribution in [3.05, 3.63) is 28.5 Å². The van der Waals surface area contributed by atoms with E-state index in [-0.39, 0.29) is 6.54 Å². The van der Waals surface area contributed by atoms with Gasteiger partial charge in [-0.2, -0.15) is 0 Å². The van der Waals surface area contributed by atoms with E-state index in [9.17, 15) is 17.9 Å². The van der Waals surface area contributed by atoms with Gasteiger partial charge in [-0.3, -0.25) is 0 Å². The Morgan fingerprint density at radius 3 is 2.86 bits per heavy atom. The Labute approximate surface area is 132 Å². The van der Waals surface area contributed by atoms with E-state index in [0.717, 1.165) is 18.9 Å². The van der Waals surface area contributed by atoms with Gasteiger partial charge in [0, 0.05) is 11.0 Å². The zero-order chi connectivity index (χ0) is 15.7. The van der Waals surface area contributed by atoms with Crippen LogP contribution in [-0.2, 0) is 10.0 Å². The molecule has 2 rings (SSSR count). The smallest absolute Gasteiger partial charge is 0.243 e. The molecule has 0 amide bonds. The molecule has 0 spiro atoms. The van der Waals surface area contributed by atoms with Crippen molar-refractivity contribution < 1.29 is 17.9 Å². The zero-order valence-electron chi connectivity index (χ0n) is 11.8. The van der Waals surface area contributed by atoms with E-state index in [1.165, 1.54) is 12.1 Å². The fourth-order valence-electron chi connectivity index (χ4n) is 2.79. The van der Waals surface area contributed by atoms with E-state index < -0.39 is 26.3 Å². The molecule has 0 aliphatic heterocycles. The van der Waals surface area contributed by atoms with Crippen molar-refractivity contribution in [2.24, 2.45) is 5.92 Å². The predicted molar refractivity (Wildman–Crippen MR) is 81.9 cm³/mol. The lowest BCUT2D eigenvalue weighted by molar-refractivity contribution is -0.00752. The van der Waals surface area contributed by atoms with Crippen LogP contribution in [-0.4, -0.2) is 25.7 Å². The molecule has 4 nitrogen and oxygen atoms in total. The van der Waals surface area contributed by atoms with Crippen LogP contribution in [0.5, 0.6) is 0 Å². The highest BCUT2D eigenvalue weighted by Crippen LogP contribution is 2.32. The van der Waals surface area contributed by atoms with Gasteiger partial charge < -0.3 is 5.11 Å². The van der Waals surface area contributed by atoms with Crippen LogP contribution in [0, 0.1) is 11.7 Å². The molecule has 21 heavy (non-hydrogen) atoms. The summed E-state index contributed by atoms with van der Waals surface area (Å²) in [4.78, 5) is -0.404. The normalized spacial score (nSPS) is 26.8. The standard InChI is InChI=1S/C14H19BrFNO3S/c1-10-3-2-6-14(18,8-10)9-17-21(19,20)13-5-4-11(15)7-12(13)16/h4-5,7,10,17-18H,2-3,6,8-9H2,1H3. The summed E-state index contributed by atoms with van der Waals surface area (Å²) in [5.74, 6) is -0.460. The van der Waals surface area contributed by atoms with E-state index in [4.69, 9.17) is 0 Å². The summed E-state index contributed by atoms with van der Waals surface area (Å²) in [5.41, 5.74) is -1.05. The molecule has 1 aromatic carbocycles.